The smallest absolute Gasteiger partial charge is 0.276 e. The molecule has 2 N–H and O–H groups in total. The van der Waals surface area contributed by atoms with Gasteiger partial charge in [0.2, 0.25) is 0 Å². The van der Waals surface area contributed by atoms with Crippen molar-refractivity contribution >= 4 is 23.6 Å². The van der Waals surface area contributed by atoms with Crippen LogP contribution in [-0.2, 0) is 0 Å². The molecule has 7 heteroatoms. The summed E-state index contributed by atoms with van der Waals surface area (Å²) in [6, 6.07) is 3.58. The molecular formula is C10H10ClNO5. The molecule has 0 aliphatic heterocycles. The van der Waals surface area contributed by atoms with Gasteiger partial charge in [-0.3, -0.25) is 14.9 Å². The van der Waals surface area contributed by atoms with Crippen molar-refractivity contribution in [3.8, 4) is 0 Å². The molecule has 1 aromatic carbocycles. The van der Waals surface area contributed by atoms with Crippen molar-refractivity contribution in [3.05, 3.63) is 39.4 Å². The van der Waals surface area contributed by atoms with Crippen LogP contribution < -0.4 is 0 Å². The first-order chi connectivity index (χ1) is 8.01. The van der Waals surface area contributed by atoms with E-state index in [0.717, 1.165) is 6.07 Å². The number of nitro benzene ring substituents is 1. The van der Waals surface area contributed by atoms with E-state index in [2.05, 4.69) is 0 Å². The second-order valence-electron chi connectivity index (χ2n) is 3.36. The van der Waals surface area contributed by atoms with Crippen molar-refractivity contribution in [2.45, 2.75) is 12.2 Å². The maximum atomic E-state index is 10.8. The molecule has 0 spiro atoms. The summed E-state index contributed by atoms with van der Waals surface area (Å²) in [7, 11) is 0. The van der Waals surface area contributed by atoms with Gasteiger partial charge < -0.3 is 10.2 Å². The van der Waals surface area contributed by atoms with E-state index in [-0.39, 0.29) is 17.0 Å². The summed E-state index contributed by atoms with van der Waals surface area (Å²) in [6.07, 6.45) is -2.31. The zero-order valence-electron chi connectivity index (χ0n) is 8.62. The van der Waals surface area contributed by atoms with E-state index in [1.807, 2.05) is 0 Å². The van der Waals surface area contributed by atoms with Gasteiger partial charge in [-0.25, -0.2) is 0 Å². The van der Waals surface area contributed by atoms with E-state index in [1.54, 1.807) is 0 Å². The number of alkyl halides is 1. The highest BCUT2D eigenvalue weighted by molar-refractivity contribution is 6.18. The number of aldehydes is 1. The highest BCUT2D eigenvalue weighted by Gasteiger charge is 2.25. The SMILES string of the molecule is O=Cc1ccc(C(O)C(O)CCl)c([N+](=O)[O-])c1. The van der Waals surface area contributed by atoms with Gasteiger partial charge in [0.15, 0.2) is 0 Å². The van der Waals surface area contributed by atoms with Gasteiger partial charge in [-0.05, 0) is 6.07 Å². The Hall–Kier alpha value is -1.50. The number of nitrogens with zero attached hydrogens (tertiary/aromatic N) is 1. The van der Waals surface area contributed by atoms with E-state index in [9.17, 15) is 25.1 Å². The average Bonchev–Trinajstić information content (AvgIpc) is 2.35. The predicted octanol–water partition coefficient (Wildman–Crippen LogP) is 1.04. The van der Waals surface area contributed by atoms with Gasteiger partial charge in [0.05, 0.1) is 22.5 Å². The minimum Gasteiger partial charge on any atom is -0.389 e. The van der Waals surface area contributed by atoms with Crippen molar-refractivity contribution in [2.75, 3.05) is 5.88 Å². The van der Waals surface area contributed by atoms with Crippen molar-refractivity contribution in [1.29, 1.82) is 0 Å². The summed E-state index contributed by atoms with van der Waals surface area (Å²) < 4.78 is 0. The van der Waals surface area contributed by atoms with Crippen molar-refractivity contribution in [1.82, 2.24) is 0 Å². The van der Waals surface area contributed by atoms with Crippen LogP contribution in [0.1, 0.15) is 22.0 Å². The van der Waals surface area contributed by atoms with Gasteiger partial charge in [-0.2, -0.15) is 0 Å². The topological polar surface area (TPSA) is 101 Å². The fourth-order valence-corrected chi connectivity index (χ4v) is 1.50. The zero-order valence-corrected chi connectivity index (χ0v) is 9.37. The van der Waals surface area contributed by atoms with Crippen LogP contribution in [0.25, 0.3) is 0 Å². The van der Waals surface area contributed by atoms with Crippen LogP contribution in [0.3, 0.4) is 0 Å². The van der Waals surface area contributed by atoms with Crippen LogP contribution in [0.5, 0.6) is 0 Å². The Morgan fingerprint density at radius 1 is 1.47 bits per heavy atom. The number of rotatable bonds is 5. The third-order valence-electron chi connectivity index (χ3n) is 2.23. The lowest BCUT2D eigenvalue weighted by Crippen LogP contribution is -2.20. The first kappa shape index (κ1) is 13.6. The Labute approximate surface area is 102 Å². The van der Waals surface area contributed by atoms with E-state index in [0.29, 0.717) is 6.29 Å². The van der Waals surface area contributed by atoms with Crippen molar-refractivity contribution in [3.63, 3.8) is 0 Å². The Morgan fingerprint density at radius 3 is 2.59 bits per heavy atom. The first-order valence-electron chi connectivity index (χ1n) is 4.67. The zero-order chi connectivity index (χ0) is 13.0. The standard InChI is InChI=1S/C10H10ClNO5/c11-4-9(14)10(15)7-2-1-6(5-13)3-8(7)12(16)17/h1-3,5,9-10,14-15H,4H2. The van der Waals surface area contributed by atoms with Crippen LogP contribution in [0.4, 0.5) is 5.69 Å². The minimum absolute atomic E-state index is 0.0752. The molecule has 0 fully saturated rings. The highest BCUT2D eigenvalue weighted by atomic mass is 35.5. The molecule has 2 unspecified atom stereocenters. The molecule has 1 rings (SSSR count). The lowest BCUT2D eigenvalue weighted by molar-refractivity contribution is -0.386. The van der Waals surface area contributed by atoms with E-state index in [1.165, 1.54) is 12.1 Å². The number of hydrogen-bond donors (Lipinski definition) is 2. The monoisotopic (exact) mass is 259 g/mol. The molecule has 0 bridgehead atoms. The number of nitro groups is 1. The highest BCUT2D eigenvalue weighted by Crippen LogP contribution is 2.28. The third-order valence-corrected chi connectivity index (χ3v) is 2.54. The summed E-state index contributed by atoms with van der Waals surface area (Å²) in [4.78, 5) is 20.5. The van der Waals surface area contributed by atoms with E-state index >= 15 is 0 Å². The summed E-state index contributed by atoms with van der Waals surface area (Å²) in [6.45, 7) is 0. The van der Waals surface area contributed by atoms with Gasteiger partial charge in [0, 0.05) is 11.6 Å². The third kappa shape index (κ3) is 3.00. The Bertz CT molecular complexity index is 437. The molecule has 0 radical (unpaired) electrons. The van der Waals surface area contributed by atoms with Gasteiger partial charge in [0.1, 0.15) is 12.4 Å². The molecule has 0 aromatic heterocycles. The number of hydrogen-bond acceptors (Lipinski definition) is 5. The molecule has 0 aliphatic rings. The van der Waals surface area contributed by atoms with Gasteiger partial charge in [-0.15, -0.1) is 11.6 Å². The lowest BCUT2D eigenvalue weighted by atomic mass is 10.0. The second kappa shape index (κ2) is 5.72. The van der Waals surface area contributed by atoms with Crippen LogP contribution in [0, 0.1) is 10.1 Å². The maximum Gasteiger partial charge on any atom is 0.276 e. The van der Waals surface area contributed by atoms with Crippen LogP contribution in [0.15, 0.2) is 18.2 Å². The molecule has 0 saturated heterocycles. The molecule has 17 heavy (non-hydrogen) atoms. The molecule has 1 aromatic rings. The fourth-order valence-electron chi connectivity index (χ4n) is 1.33. The summed E-state index contributed by atoms with van der Waals surface area (Å²) in [5, 5.41) is 29.8. The average molecular weight is 260 g/mol. The van der Waals surface area contributed by atoms with E-state index < -0.39 is 22.8 Å². The van der Waals surface area contributed by atoms with Gasteiger partial charge in [0.25, 0.3) is 5.69 Å². The quantitative estimate of drug-likeness (QED) is 0.356. The van der Waals surface area contributed by atoms with Crippen LogP contribution in [-0.4, -0.2) is 33.4 Å². The number of benzene rings is 1. The van der Waals surface area contributed by atoms with Gasteiger partial charge >= 0.3 is 0 Å². The fraction of sp³-hybridized carbons (Fsp3) is 0.300. The molecule has 0 heterocycles. The van der Waals surface area contributed by atoms with Gasteiger partial charge in [-0.1, -0.05) is 6.07 Å². The molecule has 0 amide bonds. The lowest BCUT2D eigenvalue weighted by Gasteiger charge is -2.15. The normalized spacial score (nSPS) is 14.1. The summed E-state index contributed by atoms with van der Waals surface area (Å²) >= 11 is 5.35. The number of carbonyl (C=O) groups is 1. The number of aliphatic hydroxyl groups is 2. The summed E-state index contributed by atoms with van der Waals surface area (Å²) in [5.74, 6) is -0.256. The number of aliphatic hydroxyl groups excluding tert-OH is 2. The van der Waals surface area contributed by atoms with Crippen LogP contribution >= 0.6 is 11.6 Å². The van der Waals surface area contributed by atoms with Crippen molar-refractivity contribution in [2.24, 2.45) is 0 Å². The molecule has 0 saturated carbocycles. The number of halogens is 1. The maximum absolute atomic E-state index is 10.8. The first-order valence-corrected chi connectivity index (χ1v) is 5.20. The molecule has 92 valence electrons. The summed E-state index contributed by atoms with van der Waals surface area (Å²) in [5.41, 5.74) is -0.381. The predicted molar refractivity (Wildman–Crippen MR) is 60.2 cm³/mol. The minimum atomic E-state index is -1.46. The van der Waals surface area contributed by atoms with E-state index in [4.69, 9.17) is 11.6 Å². The van der Waals surface area contributed by atoms with Crippen molar-refractivity contribution < 1.29 is 19.9 Å². The second-order valence-corrected chi connectivity index (χ2v) is 3.67. The molecule has 6 nitrogen and oxygen atoms in total. The van der Waals surface area contributed by atoms with Crippen LogP contribution in [0.2, 0.25) is 0 Å². The molecular weight excluding hydrogens is 250 g/mol. The Kier molecular flexibility index (Phi) is 4.56. The number of carbonyl (C=O) groups excluding carboxylic acids is 1. The molecule has 0 aliphatic carbocycles. The Morgan fingerprint density at radius 2 is 2.12 bits per heavy atom. The molecule has 2 atom stereocenters. The largest absolute Gasteiger partial charge is 0.389 e. The Balaban J connectivity index is 3.23.